The molecular weight excluding hydrogens is 361 g/mol. The standard InChI is InChI=1S/C21H30FN3O3/c1-4-5-17(14-24(2)20(26)16-10-12-27-13-11-16)21-25(3)19(23-28-21)15-6-8-18(22)9-7-15/h6-9,16-17,21H,4-5,10-14H2,1-3H3/t17-,21?/m0/s1. The van der Waals surface area contributed by atoms with Gasteiger partial charge in [0.25, 0.3) is 0 Å². The molecule has 1 fully saturated rings. The molecule has 6 nitrogen and oxygen atoms in total. The van der Waals surface area contributed by atoms with Crippen molar-refractivity contribution in [1.82, 2.24) is 9.80 Å². The Morgan fingerprint density at radius 1 is 1.32 bits per heavy atom. The predicted octanol–water partition coefficient (Wildman–Crippen LogP) is 3.08. The fourth-order valence-electron chi connectivity index (χ4n) is 4.01. The smallest absolute Gasteiger partial charge is 0.225 e. The van der Waals surface area contributed by atoms with Crippen molar-refractivity contribution in [1.29, 1.82) is 0 Å². The van der Waals surface area contributed by atoms with E-state index in [9.17, 15) is 9.18 Å². The molecule has 28 heavy (non-hydrogen) atoms. The molecule has 0 spiro atoms. The molecule has 0 aliphatic carbocycles. The van der Waals surface area contributed by atoms with Gasteiger partial charge in [-0.3, -0.25) is 4.79 Å². The Morgan fingerprint density at radius 3 is 2.64 bits per heavy atom. The summed E-state index contributed by atoms with van der Waals surface area (Å²) in [5, 5.41) is 4.24. The molecule has 2 heterocycles. The van der Waals surface area contributed by atoms with Gasteiger partial charge >= 0.3 is 0 Å². The molecule has 7 heteroatoms. The van der Waals surface area contributed by atoms with Crippen LogP contribution in [0.3, 0.4) is 0 Å². The maximum atomic E-state index is 13.2. The number of amides is 1. The Labute approximate surface area is 166 Å². The van der Waals surface area contributed by atoms with Gasteiger partial charge < -0.3 is 19.4 Å². The van der Waals surface area contributed by atoms with E-state index >= 15 is 0 Å². The van der Waals surface area contributed by atoms with Crippen LogP contribution in [0.1, 0.15) is 38.2 Å². The third-order valence-corrected chi connectivity index (χ3v) is 5.58. The Balaban J connectivity index is 1.65. The summed E-state index contributed by atoms with van der Waals surface area (Å²) in [7, 11) is 3.81. The molecule has 1 aromatic carbocycles. The molecular formula is C21H30FN3O3. The SMILES string of the molecule is CCC[C@@H](CN(C)C(=O)C1CCOCC1)C1ON=C(c2ccc(F)cc2)N1C. The summed E-state index contributed by atoms with van der Waals surface area (Å²) in [5.74, 6) is 0.772. The summed E-state index contributed by atoms with van der Waals surface area (Å²) < 4.78 is 18.6. The van der Waals surface area contributed by atoms with E-state index in [-0.39, 0.29) is 29.8 Å². The van der Waals surface area contributed by atoms with Crippen LogP contribution in [0.5, 0.6) is 0 Å². The van der Waals surface area contributed by atoms with E-state index < -0.39 is 0 Å². The van der Waals surface area contributed by atoms with E-state index in [4.69, 9.17) is 9.57 Å². The number of oxime groups is 1. The third kappa shape index (κ3) is 4.63. The minimum Gasteiger partial charge on any atom is -0.381 e. The first kappa shape index (κ1) is 20.6. The van der Waals surface area contributed by atoms with E-state index in [0.717, 1.165) is 31.2 Å². The van der Waals surface area contributed by atoms with Crippen molar-refractivity contribution in [2.75, 3.05) is 33.9 Å². The molecule has 0 N–H and O–H groups in total. The minimum atomic E-state index is -0.278. The van der Waals surface area contributed by atoms with Crippen LogP contribution < -0.4 is 0 Å². The summed E-state index contributed by atoms with van der Waals surface area (Å²) in [6.45, 7) is 4.06. The number of benzene rings is 1. The highest BCUT2D eigenvalue weighted by atomic mass is 19.1. The molecule has 1 aromatic rings. The van der Waals surface area contributed by atoms with Crippen molar-refractivity contribution in [3.05, 3.63) is 35.6 Å². The van der Waals surface area contributed by atoms with Crippen LogP contribution in [0.4, 0.5) is 4.39 Å². The second-order valence-electron chi connectivity index (χ2n) is 7.68. The minimum absolute atomic E-state index is 0.0503. The van der Waals surface area contributed by atoms with Crippen LogP contribution in [-0.4, -0.2) is 61.6 Å². The monoisotopic (exact) mass is 391 g/mol. The molecule has 3 rings (SSSR count). The average Bonchev–Trinajstić information content (AvgIpc) is 3.09. The normalized spacial score (nSPS) is 21.2. The van der Waals surface area contributed by atoms with E-state index in [0.29, 0.717) is 25.6 Å². The molecule has 0 bridgehead atoms. The zero-order chi connectivity index (χ0) is 20.1. The first-order valence-corrected chi connectivity index (χ1v) is 10.1. The second-order valence-corrected chi connectivity index (χ2v) is 7.68. The highest BCUT2D eigenvalue weighted by Gasteiger charge is 2.36. The summed E-state index contributed by atoms with van der Waals surface area (Å²) in [4.78, 5) is 22.4. The number of rotatable bonds is 7. The van der Waals surface area contributed by atoms with Crippen LogP contribution in [-0.2, 0) is 14.4 Å². The van der Waals surface area contributed by atoms with Crippen LogP contribution in [0, 0.1) is 17.7 Å². The molecule has 2 aliphatic rings. The Bertz CT molecular complexity index is 689. The first-order chi connectivity index (χ1) is 13.5. The Kier molecular flexibility index (Phi) is 6.88. The number of amidine groups is 1. The summed E-state index contributed by atoms with van der Waals surface area (Å²) in [6, 6.07) is 6.24. The van der Waals surface area contributed by atoms with Crippen LogP contribution in [0.15, 0.2) is 29.4 Å². The lowest BCUT2D eigenvalue weighted by molar-refractivity contribution is -0.139. The van der Waals surface area contributed by atoms with Crippen molar-refractivity contribution in [2.45, 2.75) is 38.8 Å². The third-order valence-electron chi connectivity index (χ3n) is 5.58. The number of hydrogen-bond donors (Lipinski definition) is 0. The molecule has 1 amide bonds. The van der Waals surface area contributed by atoms with Gasteiger partial charge in [-0.05, 0) is 43.5 Å². The highest BCUT2D eigenvalue weighted by Crippen LogP contribution is 2.27. The number of carbonyl (C=O) groups is 1. The maximum absolute atomic E-state index is 13.2. The van der Waals surface area contributed by atoms with E-state index in [1.807, 2.05) is 23.9 Å². The molecule has 1 saturated heterocycles. The Morgan fingerprint density at radius 2 is 2.00 bits per heavy atom. The second kappa shape index (κ2) is 9.37. The summed E-state index contributed by atoms with van der Waals surface area (Å²) in [6.07, 6.45) is 3.25. The molecule has 1 unspecified atom stereocenters. The predicted molar refractivity (Wildman–Crippen MR) is 105 cm³/mol. The van der Waals surface area contributed by atoms with E-state index in [1.54, 1.807) is 12.1 Å². The van der Waals surface area contributed by atoms with Crippen molar-refractivity contribution in [3.63, 3.8) is 0 Å². The van der Waals surface area contributed by atoms with Gasteiger partial charge in [0.2, 0.25) is 12.1 Å². The molecule has 2 aliphatic heterocycles. The van der Waals surface area contributed by atoms with E-state index in [2.05, 4.69) is 12.1 Å². The lowest BCUT2D eigenvalue weighted by Crippen LogP contribution is -2.45. The number of halogens is 1. The quantitative estimate of drug-likeness (QED) is 0.717. The zero-order valence-electron chi connectivity index (χ0n) is 16.9. The van der Waals surface area contributed by atoms with Gasteiger partial charge in [-0.25, -0.2) is 4.39 Å². The topological polar surface area (TPSA) is 54.4 Å². The number of nitrogens with zero attached hydrogens (tertiary/aromatic N) is 3. The molecule has 0 aromatic heterocycles. The number of hydrogen-bond acceptors (Lipinski definition) is 5. The maximum Gasteiger partial charge on any atom is 0.225 e. The fourth-order valence-corrected chi connectivity index (χ4v) is 4.01. The van der Waals surface area contributed by atoms with Crippen LogP contribution in [0.25, 0.3) is 0 Å². The molecule has 0 radical (unpaired) electrons. The number of ether oxygens (including phenoxy) is 1. The number of carbonyl (C=O) groups excluding carboxylic acids is 1. The lowest BCUT2D eigenvalue weighted by atomic mass is 9.96. The van der Waals surface area contributed by atoms with Gasteiger partial charge in [0, 0.05) is 51.3 Å². The lowest BCUT2D eigenvalue weighted by Gasteiger charge is -2.33. The van der Waals surface area contributed by atoms with Crippen molar-refractivity contribution < 1.29 is 18.8 Å². The molecule has 2 atom stereocenters. The van der Waals surface area contributed by atoms with Gasteiger partial charge in [0.15, 0.2) is 5.84 Å². The molecule has 154 valence electrons. The van der Waals surface area contributed by atoms with Crippen LogP contribution >= 0.6 is 0 Å². The van der Waals surface area contributed by atoms with Gasteiger partial charge in [0.1, 0.15) is 5.82 Å². The average molecular weight is 391 g/mol. The van der Waals surface area contributed by atoms with Gasteiger partial charge in [-0.2, -0.15) is 0 Å². The summed E-state index contributed by atoms with van der Waals surface area (Å²) >= 11 is 0. The largest absolute Gasteiger partial charge is 0.381 e. The Hall–Kier alpha value is -2.15. The fraction of sp³-hybridized carbons (Fsp3) is 0.619. The summed E-state index contributed by atoms with van der Waals surface area (Å²) in [5.41, 5.74) is 0.813. The molecule has 0 saturated carbocycles. The van der Waals surface area contributed by atoms with Gasteiger partial charge in [0.05, 0.1) is 0 Å². The van der Waals surface area contributed by atoms with Crippen molar-refractivity contribution in [2.24, 2.45) is 17.0 Å². The van der Waals surface area contributed by atoms with Crippen LogP contribution in [0.2, 0.25) is 0 Å². The first-order valence-electron chi connectivity index (χ1n) is 10.1. The van der Waals surface area contributed by atoms with Gasteiger partial charge in [-0.15, -0.1) is 0 Å². The van der Waals surface area contributed by atoms with Crippen molar-refractivity contribution in [3.8, 4) is 0 Å². The zero-order valence-corrected chi connectivity index (χ0v) is 16.9. The van der Waals surface area contributed by atoms with Gasteiger partial charge in [-0.1, -0.05) is 18.5 Å². The van der Waals surface area contributed by atoms with E-state index in [1.165, 1.54) is 12.1 Å². The van der Waals surface area contributed by atoms with Crippen molar-refractivity contribution >= 4 is 11.7 Å². The highest BCUT2D eigenvalue weighted by molar-refractivity contribution is 5.99.